The zero-order valence-corrected chi connectivity index (χ0v) is 14.2. The summed E-state index contributed by atoms with van der Waals surface area (Å²) in [5.41, 5.74) is 0.636. The standard InChI is InChI=1S/C20H16FN3O3/c21-14-8-10-15(11-9-14)27-13-19(25)23-17-6-2-1-5-16(17)20(26)24-18-7-3-4-12-22-18/h1-12H,13H2,(H,23,25)(H,22,24,26). The van der Waals surface area contributed by atoms with Gasteiger partial charge in [0.05, 0.1) is 11.3 Å². The van der Waals surface area contributed by atoms with Gasteiger partial charge in [-0.1, -0.05) is 18.2 Å². The molecule has 0 atom stereocenters. The molecule has 0 aliphatic carbocycles. The van der Waals surface area contributed by atoms with Crippen molar-refractivity contribution in [3.8, 4) is 5.75 Å². The van der Waals surface area contributed by atoms with Crippen molar-refractivity contribution in [2.75, 3.05) is 17.2 Å². The molecule has 1 aromatic heterocycles. The molecule has 0 saturated heterocycles. The van der Waals surface area contributed by atoms with Gasteiger partial charge in [-0.3, -0.25) is 9.59 Å². The molecule has 7 heteroatoms. The van der Waals surface area contributed by atoms with E-state index in [2.05, 4.69) is 15.6 Å². The third-order valence-electron chi connectivity index (χ3n) is 3.54. The number of nitrogens with one attached hydrogen (secondary N) is 2. The van der Waals surface area contributed by atoms with Gasteiger partial charge in [0.15, 0.2) is 6.61 Å². The van der Waals surface area contributed by atoms with E-state index in [0.717, 1.165) is 0 Å². The number of para-hydroxylation sites is 1. The number of halogens is 1. The minimum Gasteiger partial charge on any atom is -0.484 e. The van der Waals surface area contributed by atoms with Crippen LogP contribution in [0.5, 0.6) is 5.75 Å². The number of pyridine rings is 1. The number of aromatic nitrogens is 1. The van der Waals surface area contributed by atoms with Gasteiger partial charge < -0.3 is 15.4 Å². The fourth-order valence-corrected chi connectivity index (χ4v) is 2.28. The molecule has 0 unspecified atom stereocenters. The molecule has 0 fully saturated rings. The van der Waals surface area contributed by atoms with Gasteiger partial charge in [0.1, 0.15) is 17.4 Å². The molecule has 2 N–H and O–H groups in total. The number of nitrogens with zero attached hydrogens (tertiary/aromatic N) is 1. The first-order chi connectivity index (χ1) is 13.1. The molecule has 3 rings (SSSR count). The second-order valence-electron chi connectivity index (χ2n) is 5.51. The Kier molecular flexibility index (Phi) is 5.73. The van der Waals surface area contributed by atoms with Crippen molar-refractivity contribution in [3.05, 3.63) is 84.3 Å². The van der Waals surface area contributed by atoms with E-state index in [9.17, 15) is 14.0 Å². The van der Waals surface area contributed by atoms with E-state index in [-0.39, 0.29) is 12.4 Å². The van der Waals surface area contributed by atoms with E-state index >= 15 is 0 Å². The Labute approximate surface area is 155 Å². The molecule has 2 amide bonds. The molecule has 27 heavy (non-hydrogen) atoms. The van der Waals surface area contributed by atoms with E-state index in [1.807, 2.05) is 0 Å². The highest BCUT2D eigenvalue weighted by atomic mass is 19.1. The molecule has 3 aromatic rings. The molecule has 0 radical (unpaired) electrons. The maximum Gasteiger partial charge on any atom is 0.262 e. The number of benzene rings is 2. The van der Waals surface area contributed by atoms with Crippen LogP contribution >= 0.6 is 0 Å². The summed E-state index contributed by atoms with van der Waals surface area (Å²) < 4.78 is 18.2. The topological polar surface area (TPSA) is 80.3 Å². The van der Waals surface area contributed by atoms with Gasteiger partial charge in [-0.05, 0) is 48.5 Å². The molecule has 0 saturated carbocycles. The fourth-order valence-electron chi connectivity index (χ4n) is 2.28. The maximum atomic E-state index is 12.9. The second-order valence-corrected chi connectivity index (χ2v) is 5.51. The van der Waals surface area contributed by atoms with Gasteiger partial charge in [0.25, 0.3) is 11.8 Å². The van der Waals surface area contributed by atoms with Crippen LogP contribution in [0.2, 0.25) is 0 Å². The summed E-state index contributed by atoms with van der Waals surface area (Å²) >= 11 is 0. The Balaban J connectivity index is 1.63. The number of carbonyl (C=O) groups excluding carboxylic acids is 2. The third-order valence-corrected chi connectivity index (χ3v) is 3.54. The summed E-state index contributed by atoms with van der Waals surface area (Å²) in [5, 5.41) is 5.31. The van der Waals surface area contributed by atoms with E-state index in [1.54, 1.807) is 48.7 Å². The van der Waals surface area contributed by atoms with Gasteiger partial charge in [0.2, 0.25) is 0 Å². The zero-order chi connectivity index (χ0) is 19.1. The zero-order valence-electron chi connectivity index (χ0n) is 14.2. The Hall–Kier alpha value is -3.74. The summed E-state index contributed by atoms with van der Waals surface area (Å²) in [6, 6.07) is 17.1. The van der Waals surface area contributed by atoms with Crippen LogP contribution in [-0.4, -0.2) is 23.4 Å². The molecule has 0 aliphatic rings. The van der Waals surface area contributed by atoms with E-state index in [4.69, 9.17) is 4.74 Å². The van der Waals surface area contributed by atoms with Crippen LogP contribution in [0.1, 0.15) is 10.4 Å². The molecule has 1 heterocycles. The van der Waals surface area contributed by atoms with Crippen LogP contribution in [0.3, 0.4) is 0 Å². The lowest BCUT2D eigenvalue weighted by atomic mass is 10.1. The number of carbonyl (C=O) groups is 2. The first-order valence-corrected chi connectivity index (χ1v) is 8.11. The van der Waals surface area contributed by atoms with E-state index in [1.165, 1.54) is 24.3 Å². The van der Waals surface area contributed by atoms with E-state index in [0.29, 0.717) is 22.8 Å². The smallest absolute Gasteiger partial charge is 0.262 e. The Morgan fingerprint density at radius 3 is 2.41 bits per heavy atom. The summed E-state index contributed by atoms with van der Waals surface area (Å²) in [4.78, 5) is 28.6. The summed E-state index contributed by atoms with van der Waals surface area (Å²) in [6.07, 6.45) is 1.57. The number of hydrogen-bond acceptors (Lipinski definition) is 4. The molecule has 0 bridgehead atoms. The average molecular weight is 365 g/mol. The molecular weight excluding hydrogens is 349 g/mol. The first-order valence-electron chi connectivity index (χ1n) is 8.11. The van der Waals surface area contributed by atoms with Crippen LogP contribution in [-0.2, 0) is 4.79 Å². The van der Waals surface area contributed by atoms with Crippen molar-refractivity contribution < 1.29 is 18.7 Å². The summed E-state index contributed by atoms with van der Waals surface area (Å²) in [7, 11) is 0. The Morgan fingerprint density at radius 2 is 1.67 bits per heavy atom. The van der Waals surface area contributed by atoms with Crippen LogP contribution < -0.4 is 15.4 Å². The van der Waals surface area contributed by atoms with Crippen molar-refractivity contribution in [1.82, 2.24) is 4.98 Å². The Morgan fingerprint density at radius 1 is 0.926 bits per heavy atom. The van der Waals surface area contributed by atoms with E-state index < -0.39 is 11.8 Å². The molecule has 2 aromatic carbocycles. The lowest BCUT2D eigenvalue weighted by Gasteiger charge is -2.11. The van der Waals surface area contributed by atoms with Crippen molar-refractivity contribution in [3.63, 3.8) is 0 Å². The first kappa shape index (κ1) is 18.1. The molecule has 0 spiro atoms. The summed E-state index contributed by atoms with van der Waals surface area (Å²) in [6.45, 7) is -0.276. The number of anilines is 2. The highest BCUT2D eigenvalue weighted by molar-refractivity contribution is 6.09. The second kappa shape index (κ2) is 8.57. The molecular formula is C20H16FN3O3. The van der Waals surface area contributed by atoms with Gasteiger partial charge in [-0.25, -0.2) is 9.37 Å². The van der Waals surface area contributed by atoms with Gasteiger partial charge in [-0.15, -0.1) is 0 Å². The van der Waals surface area contributed by atoms with Crippen LogP contribution in [0.25, 0.3) is 0 Å². The highest BCUT2D eigenvalue weighted by Crippen LogP contribution is 2.17. The molecule has 6 nitrogen and oxygen atoms in total. The van der Waals surface area contributed by atoms with Gasteiger partial charge >= 0.3 is 0 Å². The largest absolute Gasteiger partial charge is 0.484 e. The van der Waals surface area contributed by atoms with Crippen molar-refractivity contribution >= 4 is 23.3 Å². The number of rotatable bonds is 6. The van der Waals surface area contributed by atoms with Gasteiger partial charge in [-0.2, -0.15) is 0 Å². The third kappa shape index (κ3) is 5.12. The predicted octanol–water partition coefficient (Wildman–Crippen LogP) is 3.49. The fraction of sp³-hybridized carbons (Fsp3) is 0.0500. The maximum absolute atomic E-state index is 12.9. The quantitative estimate of drug-likeness (QED) is 0.701. The summed E-state index contributed by atoms with van der Waals surface area (Å²) in [5.74, 6) is -0.461. The monoisotopic (exact) mass is 365 g/mol. The Bertz CT molecular complexity index is 931. The molecule has 0 aliphatic heterocycles. The van der Waals surface area contributed by atoms with Crippen LogP contribution in [0.4, 0.5) is 15.9 Å². The highest BCUT2D eigenvalue weighted by Gasteiger charge is 2.14. The SMILES string of the molecule is O=C(COc1ccc(F)cc1)Nc1ccccc1C(=O)Nc1ccccn1. The van der Waals surface area contributed by atoms with Crippen molar-refractivity contribution in [1.29, 1.82) is 0 Å². The van der Waals surface area contributed by atoms with Crippen LogP contribution in [0, 0.1) is 5.82 Å². The molecule has 136 valence electrons. The predicted molar refractivity (Wildman–Crippen MR) is 99.2 cm³/mol. The number of ether oxygens (including phenoxy) is 1. The lowest BCUT2D eigenvalue weighted by Crippen LogP contribution is -2.23. The lowest BCUT2D eigenvalue weighted by molar-refractivity contribution is -0.118. The number of hydrogen-bond donors (Lipinski definition) is 2. The average Bonchev–Trinajstić information content (AvgIpc) is 2.69. The number of amides is 2. The minimum absolute atomic E-state index is 0.276. The van der Waals surface area contributed by atoms with Crippen LogP contribution in [0.15, 0.2) is 72.9 Å². The van der Waals surface area contributed by atoms with Crippen molar-refractivity contribution in [2.24, 2.45) is 0 Å². The normalized spacial score (nSPS) is 10.1. The minimum atomic E-state index is -0.447. The van der Waals surface area contributed by atoms with Gasteiger partial charge in [0, 0.05) is 6.20 Å². The van der Waals surface area contributed by atoms with Crippen molar-refractivity contribution in [2.45, 2.75) is 0 Å².